The Labute approximate surface area is 187 Å². The van der Waals surface area contributed by atoms with Crippen LogP contribution >= 0.6 is 22.9 Å². The van der Waals surface area contributed by atoms with E-state index in [9.17, 15) is 9.18 Å². The Morgan fingerprint density at radius 3 is 2.74 bits per heavy atom. The van der Waals surface area contributed by atoms with E-state index < -0.39 is 0 Å². The molecule has 5 nitrogen and oxygen atoms in total. The number of oxazole rings is 1. The van der Waals surface area contributed by atoms with E-state index in [1.165, 1.54) is 12.3 Å². The molecule has 158 valence electrons. The second kappa shape index (κ2) is 9.41. The van der Waals surface area contributed by atoms with Gasteiger partial charge in [0, 0.05) is 28.3 Å². The van der Waals surface area contributed by atoms with Crippen molar-refractivity contribution < 1.29 is 13.6 Å². The van der Waals surface area contributed by atoms with E-state index in [0.717, 1.165) is 21.1 Å². The van der Waals surface area contributed by atoms with Gasteiger partial charge in [0.15, 0.2) is 11.7 Å². The summed E-state index contributed by atoms with van der Waals surface area (Å²) in [7, 11) is 0. The largest absolute Gasteiger partial charge is 0.441 e. The molecule has 2 aromatic carbocycles. The summed E-state index contributed by atoms with van der Waals surface area (Å²) < 4.78 is 19.4. The van der Waals surface area contributed by atoms with Crippen molar-refractivity contribution in [1.82, 2.24) is 15.3 Å². The minimum absolute atomic E-state index is 0.133. The van der Waals surface area contributed by atoms with Crippen LogP contribution in [0, 0.1) is 12.7 Å². The SMILES string of the molecule is Cc1sc(CNC(=O)CCc2ncc(-c3ccccc3F)o2)nc1-c1ccc(Cl)cc1. The first-order chi connectivity index (χ1) is 15.0. The van der Waals surface area contributed by atoms with Crippen LogP contribution in [0.15, 0.2) is 59.1 Å². The van der Waals surface area contributed by atoms with Crippen molar-refractivity contribution in [3.63, 3.8) is 0 Å². The van der Waals surface area contributed by atoms with Crippen molar-refractivity contribution >= 4 is 28.8 Å². The van der Waals surface area contributed by atoms with Crippen LogP contribution in [0.25, 0.3) is 22.6 Å². The summed E-state index contributed by atoms with van der Waals surface area (Å²) >= 11 is 7.50. The van der Waals surface area contributed by atoms with Gasteiger partial charge < -0.3 is 9.73 Å². The van der Waals surface area contributed by atoms with E-state index in [2.05, 4.69) is 15.3 Å². The molecule has 0 spiro atoms. The average Bonchev–Trinajstić information content (AvgIpc) is 3.38. The molecule has 0 bridgehead atoms. The first kappa shape index (κ1) is 21.2. The second-order valence-corrected chi connectivity index (χ2v) is 8.62. The lowest BCUT2D eigenvalue weighted by molar-refractivity contribution is -0.121. The zero-order chi connectivity index (χ0) is 21.8. The summed E-state index contributed by atoms with van der Waals surface area (Å²) in [5.41, 5.74) is 2.23. The predicted molar refractivity (Wildman–Crippen MR) is 119 cm³/mol. The summed E-state index contributed by atoms with van der Waals surface area (Å²) in [6, 6.07) is 13.9. The summed E-state index contributed by atoms with van der Waals surface area (Å²) in [6.45, 7) is 2.35. The van der Waals surface area contributed by atoms with Crippen LogP contribution in [0.5, 0.6) is 0 Å². The molecular weight excluding hydrogens is 437 g/mol. The molecule has 2 aromatic heterocycles. The van der Waals surface area contributed by atoms with Crippen molar-refractivity contribution in [2.45, 2.75) is 26.3 Å². The maximum absolute atomic E-state index is 13.9. The number of hydrogen-bond acceptors (Lipinski definition) is 5. The Bertz CT molecular complexity index is 1200. The number of amides is 1. The van der Waals surface area contributed by atoms with Crippen molar-refractivity contribution in [2.24, 2.45) is 0 Å². The number of halogens is 2. The molecule has 1 amide bonds. The minimum atomic E-state index is -0.375. The van der Waals surface area contributed by atoms with Gasteiger partial charge in [0.1, 0.15) is 10.8 Å². The molecule has 0 saturated heterocycles. The molecule has 0 aliphatic heterocycles. The van der Waals surface area contributed by atoms with E-state index in [1.807, 2.05) is 31.2 Å². The summed E-state index contributed by atoms with van der Waals surface area (Å²) in [6.07, 6.45) is 2.01. The van der Waals surface area contributed by atoms with Crippen LogP contribution in [-0.4, -0.2) is 15.9 Å². The first-order valence-electron chi connectivity index (χ1n) is 9.68. The molecule has 0 radical (unpaired) electrons. The Kier molecular flexibility index (Phi) is 6.44. The van der Waals surface area contributed by atoms with E-state index in [4.69, 9.17) is 16.0 Å². The molecule has 31 heavy (non-hydrogen) atoms. The quantitative estimate of drug-likeness (QED) is 0.381. The lowest BCUT2D eigenvalue weighted by Gasteiger charge is -2.02. The molecule has 0 aliphatic carbocycles. The second-order valence-electron chi connectivity index (χ2n) is 6.89. The van der Waals surface area contributed by atoms with Gasteiger partial charge in [-0.2, -0.15) is 0 Å². The molecule has 0 fully saturated rings. The maximum Gasteiger partial charge on any atom is 0.220 e. The number of thiazole rings is 1. The van der Waals surface area contributed by atoms with Gasteiger partial charge in [0.05, 0.1) is 24.0 Å². The number of nitrogens with zero attached hydrogens (tertiary/aromatic N) is 2. The van der Waals surface area contributed by atoms with Gasteiger partial charge >= 0.3 is 0 Å². The zero-order valence-corrected chi connectivity index (χ0v) is 18.3. The molecule has 4 rings (SSSR count). The van der Waals surface area contributed by atoms with Crippen molar-refractivity contribution in [3.05, 3.63) is 81.3 Å². The van der Waals surface area contributed by atoms with Crippen molar-refractivity contribution in [1.29, 1.82) is 0 Å². The highest BCUT2D eigenvalue weighted by molar-refractivity contribution is 7.12. The van der Waals surface area contributed by atoms with Gasteiger partial charge in [-0.1, -0.05) is 35.9 Å². The smallest absolute Gasteiger partial charge is 0.220 e. The molecular formula is C23H19ClFN3O2S. The Morgan fingerprint density at radius 2 is 1.97 bits per heavy atom. The van der Waals surface area contributed by atoms with E-state index >= 15 is 0 Å². The highest BCUT2D eigenvalue weighted by Gasteiger charge is 2.13. The fourth-order valence-corrected chi connectivity index (χ4v) is 4.12. The molecule has 2 heterocycles. The van der Waals surface area contributed by atoms with Crippen LogP contribution in [0.3, 0.4) is 0 Å². The third-order valence-electron chi connectivity index (χ3n) is 4.65. The summed E-state index contributed by atoms with van der Waals surface area (Å²) in [4.78, 5) is 22.1. The summed E-state index contributed by atoms with van der Waals surface area (Å²) in [5, 5.41) is 4.38. The standard InChI is InChI=1S/C23H19ClFN3O2S/c1-14-23(15-6-8-16(24)9-7-15)28-22(31-14)13-26-20(29)10-11-21-27-12-19(30-21)17-4-2-3-5-18(17)25/h2-9,12H,10-11,13H2,1H3,(H,26,29). The van der Waals surface area contributed by atoms with Crippen LogP contribution in [0.1, 0.15) is 22.2 Å². The normalized spacial score (nSPS) is 10.9. The van der Waals surface area contributed by atoms with Crippen LogP contribution in [-0.2, 0) is 17.8 Å². The number of aryl methyl sites for hydroxylation is 2. The van der Waals surface area contributed by atoms with Crippen LogP contribution in [0.2, 0.25) is 5.02 Å². The third kappa shape index (κ3) is 5.18. The number of rotatable bonds is 7. The molecule has 4 aromatic rings. The van der Waals surface area contributed by atoms with Gasteiger partial charge in [0.25, 0.3) is 0 Å². The summed E-state index contributed by atoms with van der Waals surface area (Å²) in [5.74, 6) is 0.233. The monoisotopic (exact) mass is 455 g/mol. The molecule has 0 saturated carbocycles. The van der Waals surface area contributed by atoms with Crippen molar-refractivity contribution in [2.75, 3.05) is 0 Å². The highest BCUT2D eigenvalue weighted by atomic mass is 35.5. The number of hydrogen-bond donors (Lipinski definition) is 1. The lowest BCUT2D eigenvalue weighted by atomic mass is 10.1. The number of carbonyl (C=O) groups excluding carboxylic acids is 1. The molecule has 1 N–H and O–H groups in total. The highest BCUT2D eigenvalue weighted by Crippen LogP contribution is 2.28. The molecule has 0 atom stereocenters. The van der Waals surface area contributed by atoms with Gasteiger partial charge in [-0.25, -0.2) is 14.4 Å². The number of benzene rings is 2. The van der Waals surface area contributed by atoms with E-state index in [1.54, 1.807) is 29.5 Å². The lowest BCUT2D eigenvalue weighted by Crippen LogP contribution is -2.22. The average molecular weight is 456 g/mol. The number of carbonyl (C=O) groups is 1. The van der Waals surface area contributed by atoms with Gasteiger partial charge in [-0.3, -0.25) is 4.79 Å². The Morgan fingerprint density at radius 1 is 1.19 bits per heavy atom. The van der Waals surface area contributed by atoms with E-state index in [-0.39, 0.29) is 18.1 Å². The van der Waals surface area contributed by atoms with Gasteiger partial charge in [-0.15, -0.1) is 11.3 Å². The topological polar surface area (TPSA) is 68.0 Å². The third-order valence-corrected chi connectivity index (χ3v) is 5.88. The Balaban J connectivity index is 1.31. The van der Waals surface area contributed by atoms with Crippen molar-refractivity contribution in [3.8, 4) is 22.6 Å². The fourth-order valence-electron chi connectivity index (χ4n) is 3.10. The maximum atomic E-state index is 13.9. The fraction of sp³-hybridized carbons (Fsp3) is 0.174. The van der Waals surface area contributed by atoms with Gasteiger partial charge in [-0.05, 0) is 31.2 Å². The van der Waals surface area contributed by atoms with Crippen LogP contribution in [0.4, 0.5) is 4.39 Å². The number of nitrogens with one attached hydrogen (secondary N) is 1. The van der Waals surface area contributed by atoms with E-state index in [0.29, 0.717) is 35.2 Å². The minimum Gasteiger partial charge on any atom is -0.441 e. The number of aromatic nitrogens is 2. The molecule has 0 unspecified atom stereocenters. The predicted octanol–water partition coefficient (Wildman–Crippen LogP) is 5.82. The molecule has 8 heteroatoms. The van der Waals surface area contributed by atoms with Gasteiger partial charge in [0.2, 0.25) is 5.91 Å². The van der Waals surface area contributed by atoms with Crippen LogP contribution < -0.4 is 5.32 Å². The molecule has 0 aliphatic rings. The first-order valence-corrected chi connectivity index (χ1v) is 10.9. The zero-order valence-electron chi connectivity index (χ0n) is 16.7. The Hall–Kier alpha value is -3.03.